The maximum atomic E-state index is 12.5. The second-order valence-corrected chi connectivity index (χ2v) is 6.24. The van der Waals surface area contributed by atoms with Gasteiger partial charge in [-0.1, -0.05) is 12.1 Å². The van der Waals surface area contributed by atoms with E-state index in [2.05, 4.69) is 0 Å². The number of rotatable bonds is 5. The number of furan rings is 1. The van der Waals surface area contributed by atoms with E-state index in [4.69, 9.17) is 9.15 Å². The lowest BCUT2D eigenvalue weighted by atomic mass is 10.3. The van der Waals surface area contributed by atoms with Crippen LogP contribution in [0.15, 0.2) is 50.8 Å². The van der Waals surface area contributed by atoms with E-state index in [1.165, 1.54) is 18.2 Å². The highest BCUT2D eigenvalue weighted by Gasteiger charge is 2.25. The van der Waals surface area contributed by atoms with E-state index in [-0.39, 0.29) is 27.6 Å². The van der Waals surface area contributed by atoms with Crippen molar-refractivity contribution in [1.82, 2.24) is 0 Å². The molecule has 6 heteroatoms. The predicted octanol–water partition coefficient (Wildman–Crippen LogP) is 2.71. The molecule has 0 saturated carbocycles. The maximum Gasteiger partial charge on any atom is 0.243 e. The second-order valence-electron chi connectivity index (χ2n) is 4.39. The second kappa shape index (κ2) is 5.50. The fourth-order valence-electron chi connectivity index (χ4n) is 1.67. The van der Waals surface area contributed by atoms with Crippen LogP contribution in [0, 0.1) is 0 Å². The molecule has 0 aliphatic rings. The van der Waals surface area contributed by atoms with E-state index in [1.807, 2.05) is 0 Å². The van der Waals surface area contributed by atoms with Crippen molar-refractivity contribution in [3.8, 4) is 5.75 Å². The summed E-state index contributed by atoms with van der Waals surface area (Å²) in [7, 11) is -3.86. The first-order chi connectivity index (χ1) is 9.45. The molecular weight excluding hydrogens is 280 g/mol. The first-order valence-electron chi connectivity index (χ1n) is 6.01. The molecular formula is C14H14O5S. The normalized spacial score (nSPS) is 11.6. The molecule has 0 atom stereocenters. The van der Waals surface area contributed by atoms with E-state index < -0.39 is 9.84 Å². The Hall–Kier alpha value is -2.08. The monoisotopic (exact) mass is 294 g/mol. The van der Waals surface area contributed by atoms with Gasteiger partial charge < -0.3 is 9.15 Å². The van der Waals surface area contributed by atoms with Gasteiger partial charge >= 0.3 is 0 Å². The van der Waals surface area contributed by atoms with Crippen LogP contribution in [0.4, 0.5) is 0 Å². The minimum atomic E-state index is -3.86. The molecule has 0 amide bonds. The summed E-state index contributed by atoms with van der Waals surface area (Å²) < 4.78 is 35.4. The molecule has 2 aromatic rings. The lowest BCUT2D eigenvalue weighted by molar-refractivity contribution is 0.109. The van der Waals surface area contributed by atoms with Crippen molar-refractivity contribution in [2.24, 2.45) is 0 Å². The molecule has 0 fully saturated rings. The predicted molar refractivity (Wildman–Crippen MR) is 71.8 cm³/mol. The quantitative estimate of drug-likeness (QED) is 0.793. The van der Waals surface area contributed by atoms with E-state index in [0.29, 0.717) is 6.29 Å². The largest absolute Gasteiger partial charge is 0.490 e. The van der Waals surface area contributed by atoms with E-state index >= 15 is 0 Å². The molecule has 0 aliphatic heterocycles. The first-order valence-corrected chi connectivity index (χ1v) is 7.49. The SMILES string of the molecule is CC(C)Oc1ccccc1S(=O)(=O)c1ccc(C=O)o1. The highest BCUT2D eigenvalue weighted by Crippen LogP contribution is 2.30. The van der Waals surface area contributed by atoms with Crippen LogP contribution in [0.25, 0.3) is 0 Å². The van der Waals surface area contributed by atoms with E-state index in [1.54, 1.807) is 32.0 Å². The van der Waals surface area contributed by atoms with Crippen LogP contribution >= 0.6 is 0 Å². The number of hydrogen-bond donors (Lipinski definition) is 0. The van der Waals surface area contributed by atoms with Crippen molar-refractivity contribution in [2.75, 3.05) is 0 Å². The standard InChI is InChI=1S/C14H14O5S/c1-10(2)18-12-5-3-4-6-13(12)20(16,17)14-8-7-11(9-15)19-14/h3-10H,1-2H3. The zero-order chi connectivity index (χ0) is 14.8. The van der Waals surface area contributed by atoms with Gasteiger partial charge in [-0.15, -0.1) is 0 Å². The third kappa shape index (κ3) is 2.75. The Balaban J connectivity index is 2.51. The molecule has 5 nitrogen and oxygen atoms in total. The van der Waals surface area contributed by atoms with Crippen molar-refractivity contribution in [3.63, 3.8) is 0 Å². The molecule has 0 radical (unpaired) electrons. The third-order valence-corrected chi connectivity index (χ3v) is 4.15. The smallest absolute Gasteiger partial charge is 0.243 e. The van der Waals surface area contributed by atoms with Gasteiger partial charge in [-0.05, 0) is 38.1 Å². The third-order valence-electron chi connectivity index (χ3n) is 2.48. The zero-order valence-electron chi connectivity index (χ0n) is 11.1. The summed E-state index contributed by atoms with van der Waals surface area (Å²) in [4.78, 5) is 10.6. The Labute approximate surface area is 117 Å². The molecule has 1 heterocycles. The Kier molecular flexibility index (Phi) is 3.94. The zero-order valence-corrected chi connectivity index (χ0v) is 11.9. The summed E-state index contributed by atoms with van der Waals surface area (Å²) in [6.07, 6.45) is 0.295. The number of para-hydroxylation sites is 1. The number of carbonyl (C=O) groups excluding carboxylic acids is 1. The van der Waals surface area contributed by atoms with Crippen LogP contribution in [0.5, 0.6) is 5.75 Å². The fraction of sp³-hybridized carbons (Fsp3) is 0.214. The number of benzene rings is 1. The average Bonchev–Trinajstić information content (AvgIpc) is 2.88. The molecule has 0 bridgehead atoms. The van der Waals surface area contributed by atoms with Gasteiger partial charge in [0.2, 0.25) is 14.9 Å². The molecule has 0 aliphatic carbocycles. The van der Waals surface area contributed by atoms with Crippen molar-refractivity contribution >= 4 is 16.1 Å². The topological polar surface area (TPSA) is 73.6 Å². The van der Waals surface area contributed by atoms with Gasteiger partial charge in [0.25, 0.3) is 0 Å². The van der Waals surface area contributed by atoms with Crippen molar-refractivity contribution in [3.05, 3.63) is 42.2 Å². The van der Waals surface area contributed by atoms with E-state index in [0.717, 1.165) is 0 Å². The minimum Gasteiger partial charge on any atom is -0.490 e. The summed E-state index contributed by atoms with van der Waals surface area (Å²) in [6, 6.07) is 8.88. The molecule has 106 valence electrons. The molecule has 1 aromatic heterocycles. The molecule has 1 aromatic carbocycles. The van der Waals surface area contributed by atoms with Crippen molar-refractivity contribution in [2.45, 2.75) is 29.9 Å². The van der Waals surface area contributed by atoms with Gasteiger partial charge in [0.05, 0.1) is 6.10 Å². The Morgan fingerprint density at radius 3 is 2.45 bits per heavy atom. The van der Waals surface area contributed by atoms with Crippen LogP contribution in [-0.4, -0.2) is 20.8 Å². The Bertz CT molecular complexity index is 713. The highest BCUT2D eigenvalue weighted by molar-refractivity contribution is 7.91. The maximum absolute atomic E-state index is 12.5. The summed E-state index contributed by atoms with van der Waals surface area (Å²) in [5.74, 6) is 0.220. The van der Waals surface area contributed by atoms with Gasteiger partial charge in [-0.2, -0.15) is 0 Å². The minimum absolute atomic E-state index is 0.0144. The van der Waals surface area contributed by atoms with Crippen LogP contribution in [-0.2, 0) is 9.84 Å². The number of ether oxygens (including phenoxy) is 1. The van der Waals surface area contributed by atoms with Crippen LogP contribution < -0.4 is 4.74 Å². The number of aldehydes is 1. The van der Waals surface area contributed by atoms with Crippen LogP contribution in [0.1, 0.15) is 24.4 Å². The molecule has 0 spiro atoms. The number of hydrogen-bond acceptors (Lipinski definition) is 5. The fourth-order valence-corrected chi connectivity index (χ4v) is 2.98. The lowest BCUT2D eigenvalue weighted by Crippen LogP contribution is -2.10. The summed E-state index contributed by atoms with van der Waals surface area (Å²) >= 11 is 0. The molecule has 0 N–H and O–H groups in total. The lowest BCUT2D eigenvalue weighted by Gasteiger charge is -2.13. The first kappa shape index (κ1) is 14.3. The van der Waals surface area contributed by atoms with Gasteiger partial charge in [0, 0.05) is 0 Å². The Morgan fingerprint density at radius 1 is 1.15 bits per heavy atom. The molecule has 20 heavy (non-hydrogen) atoms. The summed E-state index contributed by atoms with van der Waals surface area (Å²) in [6.45, 7) is 3.61. The van der Waals surface area contributed by atoms with Gasteiger partial charge in [0.1, 0.15) is 10.6 Å². The molecule has 0 unspecified atom stereocenters. The van der Waals surface area contributed by atoms with Gasteiger partial charge in [0.15, 0.2) is 12.0 Å². The van der Waals surface area contributed by atoms with Crippen molar-refractivity contribution < 1.29 is 22.4 Å². The van der Waals surface area contributed by atoms with Crippen LogP contribution in [0.2, 0.25) is 0 Å². The van der Waals surface area contributed by atoms with Crippen LogP contribution in [0.3, 0.4) is 0 Å². The average molecular weight is 294 g/mol. The highest BCUT2D eigenvalue weighted by atomic mass is 32.2. The summed E-state index contributed by atoms with van der Waals surface area (Å²) in [5.41, 5.74) is 0. The van der Waals surface area contributed by atoms with Gasteiger partial charge in [-0.3, -0.25) is 4.79 Å². The Morgan fingerprint density at radius 2 is 1.85 bits per heavy atom. The van der Waals surface area contributed by atoms with Gasteiger partial charge in [-0.25, -0.2) is 8.42 Å². The van der Waals surface area contributed by atoms with E-state index in [9.17, 15) is 13.2 Å². The molecule has 0 saturated heterocycles. The summed E-state index contributed by atoms with van der Waals surface area (Å²) in [5, 5.41) is -0.278. The van der Waals surface area contributed by atoms with Crippen molar-refractivity contribution in [1.29, 1.82) is 0 Å². The number of sulfone groups is 1. The molecule has 2 rings (SSSR count). The number of carbonyl (C=O) groups is 1.